The Morgan fingerprint density at radius 1 is 1.15 bits per heavy atom. The van der Waals surface area contributed by atoms with E-state index in [0.717, 1.165) is 21.3 Å². The van der Waals surface area contributed by atoms with Crippen molar-refractivity contribution in [3.63, 3.8) is 0 Å². The zero-order chi connectivity index (χ0) is 19.2. The van der Waals surface area contributed by atoms with E-state index in [-0.39, 0.29) is 17.9 Å². The maximum Gasteiger partial charge on any atom is 0.247 e. The number of carbonyl (C=O) groups excluding carboxylic acids is 1. The van der Waals surface area contributed by atoms with Crippen LogP contribution in [0.2, 0.25) is 0 Å². The highest BCUT2D eigenvalue weighted by Gasteiger charge is 2.46. The fourth-order valence-electron chi connectivity index (χ4n) is 3.41. The minimum atomic E-state index is -0.802. The number of hydrogen-bond donors (Lipinski definition) is 1. The summed E-state index contributed by atoms with van der Waals surface area (Å²) in [5.41, 5.74) is 0.949. The van der Waals surface area contributed by atoms with Crippen LogP contribution >= 0.6 is 15.9 Å². The maximum atomic E-state index is 12.3. The van der Waals surface area contributed by atoms with Crippen molar-refractivity contribution in [3.05, 3.63) is 52.0 Å². The molecule has 1 spiro atoms. The molecule has 6 heteroatoms. The fraction of sp³-hybridized carbons (Fsp3) is 0.381. The minimum absolute atomic E-state index is 0.0454. The van der Waals surface area contributed by atoms with Gasteiger partial charge >= 0.3 is 0 Å². The summed E-state index contributed by atoms with van der Waals surface area (Å²) >= 11 is 3.52. The smallest absolute Gasteiger partial charge is 0.247 e. The van der Waals surface area contributed by atoms with Gasteiger partial charge in [-0.1, -0.05) is 36.7 Å². The van der Waals surface area contributed by atoms with Crippen molar-refractivity contribution in [2.75, 3.05) is 19.8 Å². The number of fused-ring (bicyclic) bond motifs is 4. The van der Waals surface area contributed by atoms with Crippen LogP contribution < -0.4 is 14.8 Å². The van der Waals surface area contributed by atoms with E-state index in [4.69, 9.17) is 14.2 Å². The molecule has 1 saturated heterocycles. The van der Waals surface area contributed by atoms with Crippen molar-refractivity contribution in [1.82, 2.24) is 5.32 Å². The van der Waals surface area contributed by atoms with Crippen LogP contribution in [0.1, 0.15) is 31.9 Å². The summed E-state index contributed by atoms with van der Waals surface area (Å²) < 4.78 is 18.7. The van der Waals surface area contributed by atoms with E-state index in [9.17, 15) is 4.79 Å². The summed E-state index contributed by atoms with van der Waals surface area (Å²) in [6.07, 6.45) is 0. The minimum Gasteiger partial charge on any atom is -0.493 e. The highest BCUT2D eigenvalue weighted by Crippen LogP contribution is 2.49. The second-order valence-corrected chi connectivity index (χ2v) is 9.11. The number of hydrogen-bond acceptors (Lipinski definition) is 4. The Morgan fingerprint density at radius 3 is 2.56 bits per heavy atom. The number of carbonyl (C=O) groups is 1. The fourth-order valence-corrected chi connectivity index (χ4v) is 3.77. The summed E-state index contributed by atoms with van der Waals surface area (Å²) in [6.45, 7) is 7.35. The maximum absolute atomic E-state index is 12.3. The van der Waals surface area contributed by atoms with Gasteiger partial charge in [0.2, 0.25) is 5.91 Å². The van der Waals surface area contributed by atoms with Crippen LogP contribution in [0.3, 0.4) is 0 Å². The quantitative estimate of drug-likeness (QED) is 0.766. The summed E-state index contributed by atoms with van der Waals surface area (Å²) in [5, 5.41) is 3.15. The molecule has 1 atom stereocenters. The first-order valence-electron chi connectivity index (χ1n) is 8.91. The average Bonchev–Trinajstić information content (AvgIpc) is 2.61. The molecule has 2 aromatic rings. The molecule has 0 aromatic heterocycles. The van der Waals surface area contributed by atoms with Crippen molar-refractivity contribution in [1.29, 1.82) is 0 Å². The van der Waals surface area contributed by atoms with Crippen molar-refractivity contribution in [2.24, 2.45) is 5.41 Å². The second kappa shape index (κ2) is 6.53. The molecule has 27 heavy (non-hydrogen) atoms. The summed E-state index contributed by atoms with van der Waals surface area (Å²) in [7, 11) is 0. The van der Waals surface area contributed by atoms with Gasteiger partial charge in [-0.05, 0) is 41.8 Å². The molecule has 0 aliphatic carbocycles. The molecule has 142 valence electrons. The first-order chi connectivity index (χ1) is 12.8. The third-order valence-electron chi connectivity index (χ3n) is 4.61. The van der Waals surface area contributed by atoms with E-state index in [1.54, 1.807) is 0 Å². The molecule has 0 bridgehead atoms. The Hall–Kier alpha value is -2.05. The van der Waals surface area contributed by atoms with Gasteiger partial charge in [-0.3, -0.25) is 4.79 Å². The molecular weight excluding hydrogens is 410 g/mol. The predicted octanol–water partition coefficient (Wildman–Crippen LogP) is 4.37. The van der Waals surface area contributed by atoms with Crippen molar-refractivity contribution >= 4 is 21.8 Å². The summed E-state index contributed by atoms with van der Waals surface area (Å²) in [6, 6.07) is 11.5. The molecule has 1 N–H and O–H groups in total. The van der Waals surface area contributed by atoms with Gasteiger partial charge < -0.3 is 19.5 Å². The molecule has 2 aromatic carbocycles. The third kappa shape index (κ3) is 3.44. The Labute approximate surface area is 167 Å². The predicted molar refractivity (Wildman–Crippen MR) is 105 cm³/mol. The SMILES string of the molecule is CC(C)(C)COc1ccc2c(c1)[C@]1(COCC(=O)N1)c1cc(Br)ccc1O2. The lowest BCUT2D eigenvalue weighted by atomic mass is 9.80. The van der Waals surface area contributed by atoms with E-state index >= 15 is 0 Å². The Kier molecular flexibility index (Phi) is 4.43. The van der Waals surface area contributed by atoms with Gasteiger partial charge in [-0.15, -0.1) is 0 Å². The van der Waals surface area contributed by atoms with Gasteiger partial charge in [0.15, 0.2) is 0 Å². The average molecular weight is 432 g/mol. The topological polar surface area (TPSA) is 56.8 Å². The molecular formula is C21H22BrNO4. The van der Waals surface area contributed by atoms with E-state index in [0.29, 0.717) is 24.7 Å². The molecule has 1 fully saturated rings. The van der Waals surface area contributed by atoms with Crippen LogP contribution in [0.15, 0.2) is 40.9 Å². The molecule has 2 aliphatic heterocycles. The lowest BCUT2D eigenvalue weighted by Gasteiger charge is -2.43. The highest BCUT2D eigenvalue weighted by molar-refractivity contribution is 9.10. The van der Waals surface area contributed by atoms with Crippen LogP contribution in [0.25, 0.3) is 0 Å². The van der Waals surface area contributed by atoms with Crippen LogP contribution in [-0.4, -0.2) is 25.7 Å². The van der Waals surface area contributed by atoms with Crippen molar-refractivity contribution in [2.45, 2.75) is 26.3 Å². The molecule has 0 radical (unpaired) electrons. The van der Waals surface area contributed by atoms with Gasteiger partial charge in [0.05, 0.1) is 13.2 Å². The lowest BCUT2D eigenvalue weighted by molar-refractivity contribution is -0.134. The highest BCUT2D eigenvalue weighted by atomic mass is 79.9. The molecule has 5 nitrogen and oxygen atoms in total. The monoisotopic (exact) mass is 431 g/mol. The van der Waals surface area contributed by atoms with Crippen LogP contribution in [0, 0.1) is 5.41 Å². The first-order valence-corrected chi connectivity index (χ1v) is 9.70. The Morgan fingerprint density at radius 2 is 1.85 bits per heavy atom. The van der Waals surface area contributed by atoms with Gasteiger partial charge in [0.25, 0.3) is 0 Å². The normalized spacial score (nSPS) is 21.1. The summed E-state index contributed by atoms with van der Waals surface area (Å²) in [4.78, 5) is 12.3. The largest absolute Gasteiger partial charge is 0.493 e. The van der Waals surface area contributed by atoms with E-state index < -0.39 is 5.54 Å². The molecule has 2 heterocycles. The molecule has 2 aliphatic rings. The number of nitrogens with one attached hydrogen (secondary N) is 1. The molecule has 1 amide bonds. The third-order valence-corrected chi connectivity index (χ3v) is 5.10. The number of benzene rings is 2. The number of rotatable bonds is 2. The van der Waals surface area contributed by atoms with E-state index in [1.165, 1.54) is 0 Å². The summed E-state index contributed by atoms with van der Waals surface area (Å²) in [5.74, 6) is 1.99. The van der Waals surface area contributed by atoms with E-state index in [2.05, 4.69) is 42.0 Å². The zero-order valence-electron chi connectivity index (χ0n) is 15.6. The lowest BCUT2D eigenvalue weighted by Crippen LogP contribution is -2.56. The standard InChI is InChI=1S/C21H22BrNO4/c1-20(2,3)11-26-14-5-7-18-16(9-14)21(12-25-10-19(24)23-21)15-8-13(22)4-6-17(15)27-18/h4-9H,10-12H2,1-3H3,(H,23,24)/t21-/m0/s1. The van der Waals surface area contributed by atoms with Crippen molar-refractivity contribution in [3.8, 4) is 17.2 Å². The second-order valence-electron chi connectivity index (χ2n) is 8.20. The van der Waals surface area contributed by atoms with Gasteiger partial charge in [-0.25, -0.2) is 0 Å². The van der Waals surface area contributed by atoms with Crippen LogP contribution in [-0.2, 0) is 15.1 Å². The Balaban J connectivity index is 1.82. The number of halogens is 1. The Bertz CT molecular complexity index is 906. The number of ether oxygens (including phenoxy) is 3. The van der Waals surface area contributed by atoms with Gasteiger partial charge in [0.1, 0.15) is 29.4 Å². The number of morpholine rings is 1. The van der Waals surface area contributed by atoms with Crippen LogP contribution in [0.5, 0.6) is 17.2 Å². The van der Waals surface area contributed by atoms with E-state index in [1.807, 2.05) is 36.4 Å². The molecule has 0 unspecified atom stereocenters. The molecule has 0 saturated carbocycles. The van der Waals surface area contributed by atoms with Crippen LogP contribution in [0.4, 0.5) is 0 Å². The van der Waals surface area contributed by atoms with Crippen molar-refractivity contribution < 1.29 is 19.0 Å². The number of amides is 1. The molecule has 4 rings (SSSR count). The first kappa shape index (κ1) is 18.3. The zero-order valence-corrected chi connectivity index (χ0v) is 17.2. The van der Waals surface area contributed by atoms with Gasteiger partial charge in [-0.2, -0.15) is 0 Å². The van der Waals surface area contributed by atoms with Gasteiger partial charge in [0, 0.05) is 15.6 Å².